The Kier molecular flexibility index (Phi) is 3.93. The van der Waals surface area contributed by atoms with Crippen LogP contribution in [0.5, 0.6) is 0 Å². The summed E-state index contributed by atoms with van der Waals surface area (Å²) in [7, 11) is 0. The zero-order valence-electron chi connectivity index (χ0n) is 9.17. The van der Waals surface area contributed by atoms with Gasteiger partial charge >= 0.3 is 0 Å². The van der Waals surface area contributed by atoms with Gasteiger partial charge in [-0.1, -0.05) is 6.07 Å². The van der Waals surface area contributed by atoms with Crippen molar-refractivity contribution in [3.8, 4) is 0 Å². The second kappa shape index (κ2) is 5.27. The fraction of sp³-hybridized carbons (Fsp3) is 0.154. The maximum absolute atomic E-state index is 12.9. The van der Waals surface area contributed by atoms with Gasteiger partial charge in [0, 0.05) is 17.4 Å². The third-order valence-electron chi connectivity index (χ3n) is 2.55. The molecule has 0 radical (unpaired) electrons. The van der Waals surface area contributed by atoms with Gasteiger partial charge in [0.15, 0.2) is 5.78 Å². The molecule has 0 atom stereocenters. The molecule has 0 saturated heterocycles. The largest absolute Gasteiger partial charge is 0.294 e. The minimum absolute atomic E-state index is 0.0823. The second-order valence-electron chi connectivity index (χ2n) is 3.81. The Morgan fingerprint density at radius 3 is 2.76 bits per heavy atom. The molecule has 1 nitrogen and oxygen atoms in total. The van der Waals surface area contributed by atoms with E-state index < -0.39 is 0 Å². The summed E-state index contributed by atoms with van der Waals surface area (Å²) >= 11 is 3.75. The summed E-state index contributed by atoms with van der Waals surface area (Å²) in [5, 5.41) is 1.86. The zero-order chi connectivity index (χ0) is 12.4. The number of halogens is 2. The molecule has 0 fully saturated rings. The Balaban J connectivity index is 2.18. The summed E-state index contributed by atoms with van der Waals surface area (Å²) in [4.78, 5) is 12.0. The molecule has 0 saturated carbocycles. The lowest BCUT2D eigenvalue weighted by Crippen LogP contribution is -2.03. The van der Waals surface area contributed by atoms with E-state index >= 15 is 0 Å². The number of aryl methyl sites for hydroxylation is 1. The molecule has 0 aliphatic heterocycles. The fourth-order valence-electron chi connectivity index (χ4n) is 1.59. The number of hydrogen-bond donors (Lipinski definition) is 0. The summed E-state index contributed by atoms with van der Waals surface area (Å²) < 4.78 is 14.0. The van der Waals surface area contributed by atoms with E-state index in [0.29, 0.717) is 6.42 Å². The van der Waals surface area contributed by atoms with Gasteiger partial charge in [-0.3, -0.25) is 4.79 Å². The molecule has 1 heterocycles. The van der Waals surface area contributed by atoms with Crippen LogP contribution in [0.2, 0.25) is 0 Å². The molecular weight excluding hydrogens is 350 g/mol. The number of carbonyl (C=O) groups excluding carboxylic acids is 1. The molecule has 0 bridgehead atoms. The Morgan fingerprint density at radius 1 is 1.41 bits per heavy atom. The maximum Gasteiger partial charge on any atom is 0.168 e. The van der Waals surface area contributed by atoms with Crippen LogP contribution >= 0.6 is 33.9 Å². The highest BCUT2D eigenvalue weighted by Crippen LogP contribution is 2.19. The van der Waals surface area contributed by atoms with Gasteiger partial charge < -0.3 is 0 Å². The molecule has 1 aromatic heterocycles. The van der Waals surface area contributed by atoms with E-state index in [1.807, 2.05) is 18.4 Å². The van der Waals surface area contributed by atoms with Gasteiger partial charge in [0.25, 0.3) is 0 Å². The van der Waals surface area contributed by atoms with E-state index in [4.69, 9.17) is 0 Å². The molecule has 17 heavy (non-hydrogen) atoms. The monoisotopic (exact) mass is 360 g/mol. The number of carbonyl (C=O) groups is 1. The van der Waals surface area contributed by atoms with Crippen LogP contribution in [0.4, 0.5) is 4.39 Å². The van der Waals surface area contributed by atoms with Crippen molar-refractivity contribution in [3.63, 3.8) is 0 Å². The van der Waals surface area contributed by atoms with Crippen LogP contribution in [0.25, 0.3) is 0 Å². The van der Waals surface area contributed by atoms with Gasteiger partial charge in [0.1, 0.15) is 5.82 Å². The van der Waals surface area contributed by atoms with Gasteiger partial charge in [-0.25, -0.2) is 4.39 Å². The molecule has 0 aliphatic rings. The number of hydrogen-bond acceptors (Lipinski definition) is 2. The standard InChI is InChI=1S/C13H10FIOS/c1-8-4-11(14)3-2-9(8)5-12(16)10-6-13(15)17-7-10/h2-4,6-7H,5H2,1H3. The van der Waals surface area contributed by atoms with Crippen LogP contribution in [0.3, 0.4) is 0 Å². The SMILES string of the molecule is Cc1cc(F)ccc1CC(=O)c1csc(I)c1. The molecule has 0 amide bonds. The smallest absolute Gasteiger partial charge is 0.168 e. The highest BCUT2D eigenvalue weighted by atomic mass is 127. The van der Waals surface area contributed by atoms with Crippen molar-refractivity contribution in [1.29, 1.82) is 0 Å². The molecule has 4 heteroatoms. The van der Waals surface area contributed by atoms with Crippen LogP contribution in [-0.4, -0.2) is 5.78 Å². The van der Waals surface area contributed by atoms with Crippen molar-refractivity contribution >= 4 is 39.7 Å². The van der Waals surface area contributed by atoms with Crippen LogP contribution < -0.4 is 0 Å². The highest BCUT2D eigenvalue weighted by molar-refractivity contribution is 14.1. The predicted molar refractivity (Wildman–Crippen MR) is 76.2 cm³/mol. The molecule has 0 spiro atoms. The molecule has 0 unspecified atom stereocenters. The van der Waals surface area contributed by atoms with Gasteiger partial charge in [0.2, 0.25) is 0 Å². The van der Waals surface area contributed by atoms with E-state index in [-0.39, 0.29) is 11.6 Å². The molecular formula is C13H10FIOS. The lowest BCUT2D eigenvalue weighted by molar-refractivity contribution is 0.0993. The van der Waals surface area contributed by atoms with Crippen molar-refractivity contribution in [1.82, 2.24) is 0 Å². The highest BCUT2D eigenvalue weighted by Gasteiger charge is 2.10. The van der Waals surface area contributed by atoms with Crippen LogP contribution in [0.1, 0.15) is 21.5 Å². The van der Waals surface area contributed by atoms with E-state index in [1.54, 1.807) is 17.4 Å². The van der Waals surface area contributed by atoms with E-state index in [0.717, 1.165) is 19.6 Å². The number of rotatable bonds is 3. The first-order chi connectivity index (χ1) is 8.06. The lowest BCUT2D eigenvalue weighted by Gasteiger charge is -2.04. The summed E-state index contributed by atoms with van der Waals surface area (Å²) in [5.41, 5.74) is 2.45. The van der Waals surface area contributed by atoms with Crippen LogP contribution in [0.15, 0.2) is 29.6 Å². The molecule has 88 valence electrons. The Labute approximate surface area is 117 Å². The maximum atomic E-state index is 12.9. The van der Waals surface area contributed by atoms with E-state index in [2.05, 4.69) is 22.6 Å². The predicted octanol–water partition coefficient (Wildman–Crippen LogP) is 4.23. The first-order valence-corrected chi connectivity index (χ1v) is 7.04. The molecule has 0 aliphatic carbocycles. The summed E-state index contributed by atoms with van der Waals surface area (Å²) in [6, 6.07) is 6.42. The van der Waals surface area contributed by atoms with Crippen molar-refractivity contribution in [2.45, 2.75) is 13.3 Å². The van der Waals surface area contributed by atoms with Gasteiger partial charge in [0.05, 0.1) is 2.88 Å². The topological polar surface area (TPSA) is 17.1 Å². The number of ketones is 1. The second-order valence-corrected chi connectivity index (χ2v) is 6.62. The van der Waals surface area contributed by atoms with Crippen molar-refractivity contribution < 1.29 is 9.18 Å². The molecule has 0 N–H and O–H groups in total. The minimum atomic E-state index is -0.260. The third-order valence-corrected chi connectivity index (χ3v) is 4.33. The molecule has 2 aromatic rings. The van der Waals surface area contributed by atoms with Crippen molar-refractivity contribution in [2.75, 3.05) is 0 Å². The lowest BCUT2D eigenvalue weighted by atomic mass is 10.0. The average molecular weight is 360 g/mol. The van der Waals surface area contributed by atoms with E-state index in [1.165, 1.54) is 12.1 Å². The first-order valence-electron chi connectivity index (χ1n) is 5.08. The molecule has 1 aromatic carbocycles. The van der Waals surface area contributed by atoms with Crippen LogP contribution in [-0.2, 0) is 6.42 Å². The fourth-order valence-corrected chi connectivity index (χ4v) is 2.94. The summed E-state index contributed by atoms with van der Waals surface area (Å²) in [5.74, 6) is -0.178. The summed E-state index contributed by atoms with van der Waals surface area (Å²) in [6.07, 6.45) is 0.332. The van der Waals surface area contributed by atoms with Gasteiger partial charge in [-0.2, -0.15) is 0 Å². The van der Waals surface area contributed by atoms with Crippen molar-refractivity contribution in [2.24, 2.45) is 0 Å². The summed E-state index contributed by atoms with van der Waals surface area (Å²) in [6.45, 7) is 1.82. The third kappa shape index (κ3) is 3.13. The number of Topliss-reactive ketones (excluding diaryl/α,β-unsaturated/α-hetero) is 1. The quantitative estimate of drug-likeness (QED) is 0.592. The number of thiophene rings is 1. The van der Waals surface area contributed by atoms with Crippen molar-refractivity contribution in [3.05, 3.63) is 55.0 Å². The molecule has 2 rings (SSSR count). The minimum Gasteiger partial charge on any atom is -0.294 e. The normalized spacial score (nSPS) is 10.5. The average Bonchev–Trinajstić information content (AvgIpc) is 2.69. The Morgan fingerprint density at radius 2 is 2.18 bits per heavy atom. The Hall–Kier alpha value is -0.750. The van der Waals surface area contributed by atoms with E-state index in [9.17, 15) is 9.18 Å². The van der Waals surface area contributed by atoms with Gasteiger partial charge in [-0.15, -0.1) is 11.3 Å². The van der Waals surface area contributed by atoms with Crippen LogP contribution in [0, 0.1) is 15.6 Å². The Bertz CT molecular complexity index is 562. The first kappa shape index (κ1) is 12.7. The number of benzene rings is 1. The van der Waals surface area contributed by atoms with Gasteiger partial charge in [-0.05, 0) is 58.8 Å². The zero-order valence-corrected chi connectivity index (χ0v) is 12.1.